The molecule has 1 aromatic heterocycles. The zero-order valence-electron chi connectivity index (χ0n) is 8.39. The van der Waals surface area contributed by atoms with Crippen molar-refractivity contribution in [2.75, 3.05) is 12.3 Å². The van der Waals surface area contributed by atoms with Gasteiger partial charge >= 0.3 is 0 Å². The summed E-state index contributed by atoms with van der Waals surface area (Å²) in [6.45, 7) is 1.78. The molecule has 1 saturated heterocycles. The van der Waals surface area contributed by atoms with Crippen LogP contribution in [0.1, 0.15) is 6.42 Å². The van der Waals surface area contributed by atoms with E-state index in [0.717, 1.165) is 36.3 Å². The van der Waals surface area contributed by atoms with Crippen LogP contribution in [-0.4, -0.2) is 22.3 Å². The molecule has 1 fully saturated rings. The zero-order valence-corrected chi connectivity index (χ0v) is 8.39. The fraction of sp³-hybridized carbons (Fsp3) is 0.364. The van der Waals surface area contributed by atoms with Gasteiger partial charge in [0.1, 0.15) is 0 Å². The van der Waals surface area contributed by atoms with E-state index in [1.54, 1.807) is 0 Å². The van der Waals surface area contributed by atoms with Gasteiger partial charge in [-0.3, -0.25) is 0 Å². The van der Waals surface area contributed by atoms with E-state index in [2.05, 4.69) is 9.55 Å². The Morgan fingerprint density at radius 2 is 2.40 bits per heavy atom. The first kappa shape index (κ1) is 8.73. The first-order valence-corrected chi connectivity index (χ1v) is 5.15. The summed E-state index contributed by atoms with van der Waals surface area (Å²) in [6, 6.07) is 5.81. The smallest absolute Gasteiger partial charge is 0.0959 e. The predicted molar refractivity (Wildman–Crippen MR) is 58.5 cm³/mol. The maximum absolute atomic E-state index is 5.70. The maximum Gasteiger partial charge on any atom is 0.0959 e. The van der Waals surface area contributed by atoms with E-state index in [1.165, 1.54) is 0 Å². The Morgan fingerprint density at radius 1 is 1.53 bits per heavy atom. The van der Waals surface area contributed by atoms with Crippen molar-refractivity contribution < 1.29 is 4.74 Å². The van der Waals surface area contributed by atoms with Crippen LogP contribution in [0.5, 0.6) is 0 Å². The van der Waals surface area contributed by atoms with Gasteiger partial charge in [0.05, 0.1) is 30.0 Å². The van der Waals surface area contributed by atoms with Gasteiger partial charge < -0.3 is 15.0 Å². The fourth-order valence-corrected chi connectivity index (χ4v) is 1.87. The second-order valence-corrected chi connectivity index (χ2v) is 3.93. The molecule has 0 amide bonds. The lowest BCUT2D eigenvalue weighted by Gasteiger charge is -2.26. The maximum atomic E-state index is 5.70. The highest BCUT2D eigenvalue weighted by Crippen LogP contribution is 2.19. The van der Waals surface area contributed by atoms with Crippen molar-refractivity contribution in [3.05, 3.63) is 24.5 Å². The number of fused-ring (bicyclic) bond motifs is 1. The molecule has 15 heavy (non-hydrogen) atoms. The van der Waals surface area contributed by atoms with Gasteiger partial charge in [-0.05, 0) is 24.6 Å². The molecule has 1 aliphatic rings. The third kappa shape index (κ3) is 1.47. The lowest BCUT2D eigenvalue weighted by atomic mass is 10.2. The third-order valence-electron chi connectivity index (χ3n) is 2.84. The van der Waals surface area contributed by atoms with Crippen LogP contribution in [0.4, 0.5) is 5.69 Å². The summed E-state index contributed by atoms with van der Waals surface area (Å²) < 4.78 is 7.53. The highest BCUT2D eigenvalue weighted by Gasteiger charge is 2.19. The molecule has 1 aromatic carbocycles. The number of benzene rings is 1. The summed E-state index contributed by atoms with van der Waals surface area (Å²) in [5.41, 5.74) is 8.53. The largest absolute Gasteiger partial charge is 0.399 e. The number of hydrogen-bond acceptors (Lipinski definition) is 3. The predicted octanol–water partition coefficient (Wildman–Crippen LogP) is 1.41. The Hall–Kier alpha value is -1.55. The van der Waals surface area contributed by atoms with Crippen molar-refractivity contribution in [3.8, 4) is 0 Å². The van der Waals surface area contributed by atoms with Crippen LogP contribution in [-0.2, 0) is 11.3 Å². The molecule has 1 aliphatic heterocycles. The van der Waals surface area contributed by atoms with Crippen molar-refractivity contribution in [3.63, 3.8) is 0 Å². The summed E-state index contributed by atoms with van der Waals surface area (Å²) in [7, 11) is 0. The molecule has 0 spiro atoms. The standard InChI is InChI=1S/C11H13N3O/c12-8-1-2-11-10(5-8)13-7-14(11)6-9-3-4-15-9/h1-2,5,7,9H,3-4,6,12H2. The van der Waals surface area contributed by atoms with E-state index in [0.29, 0.717) is 6.10 Å². The van der Waals surface area contributed by atoms with Crippen LogP contribution in [0.25, 0.3) is 11.0 Å². The summed E-state index contributed by atoms with van der Waals surface area (Å²) in [5.74, 6) is 0. The lowest BCUT2D eigenvalue weighted by Crippen LogP contribution is -2.30. The molecule has 1 unspecified atom stereocenters. The molecule has 1 atom stereocenters. The number of imidazole rings is 1. The Morgan fingerprint density at radius 3 is 3.13 bits per heavy atom. The van der Waals surface area contributed by atoms with Crippen LogP contribution in [0, 0.1) is 0 Å². The van der Waals surface area contributed by atoms with Crippen LogP contribution in [0.15, 0.2) is 24.5 Å². The molecule has 78 valence electrons. The van der Waals surface area contributed by atoms with Gasteiger partial charge in [0.25, 0.3) is 0 Å². The number of aromatic nitrogens is 2. The number of nitrogen functional groups attached to an aromatic ring is 1. The zero-order chi connectivity index (χ0) is 10.3. The number of nitrogens with two attached hydrogens (primary N) is 1. The second kappa shape index (κ2) is 3.24. The van der Waals surface area contributed by atoms with Gasteiger partial charge in [-0.15, -0.1) is 0 Å². The van der Waals surface area contributed by atoms with E-state index in [1.807, 2.05) is 24.5 Å². The molecular weight excluding hydrogens is 190 g/mol. The number of anilines is 1. The molecule has 0 aliphatic carbocycles. The third-order valence-corrected chi connectivity index (χ3v) is 2.84. The van der Waals surface area contributed by atoms with E-state index >= 15 is 0 Å². The van der Waals surface area contributed by atoms with E-state index in [4.69, 9.17) is 10.5 Å². The van der Waals surface area contributed by atoms with Crippen LogP contribution >= 0.6 is 0 Å². The number of hydrogen-bond donors (Lipinski definition) is 1. The summed E-state index contributed by atoms with van der Waals surface area (Å²) in [6.07, 6.45) is 3.36. The average molecular weight is 203 g/mol. The first-order valence-electron chi connectivity index (χ1n) is 5.15. The average Bonchev–Trinajstić information content (AvgIpc) is 2.54. The Bertz CT molecular complexity index is 488. The fourth-order valence-electron chi connectivity index (χ4n) is 1.87. The molecule has 2 N–H and O–H groups in total. The van der Waals surface area contributed by atoms with Crippen molar-refractivity contribution in [1.82, 2.24) is 9.55 Å². The van der Waals surface area contributed by atoms with Crippen LogP contribution < -0.4 is 5.73 Å². The van der Waals surface area contributed by atoms with Gasteiger partial charge in [0.15, 0.2) is 0 Å². The topological polar surface area (TPSA) is 53.1 Å². The molecule has 3 rings (SSSR count). The van der Waals surface area contributed by atoms with Crippen molar-refractivity contribution in [2.45, 2.75) is 19.1 Å². The van der Waals surface area contributed by atoms with Gasteiger partial charge in [-0.25, -0.2) is 4.98 Å². The summed E-state index contributed by atoms with van der Waals surface area (Å²) in [5, 5.41) is 0. The quantitative estimate of drug-likeness (QED) is 0.751. The van der Waals surface area contributed by atoms with Gasteiger partial charge in [0.2, 0.25) is 0 Å². The molecule has 2 aromatic rings. The highest BCUT2D eigenvalue weighted by molar-refractivity contribution is 5.78. The Labute approximate surface area is 87.7 Å². The number of nitrogens with zero attached hydrogens (tertiary/aromatic N) is 2. The number of ether oxygens (including phenoxy) is 1. The lowest BCUT2D eigenvalue weighted by molar-refractivity contribution is -0.0586. The van der Waals surface area contributed by atoms with Crippen LogP contribution in [0.3, 0.4) is 0 Å². The Balaban J connectivity index is 1.96. The van der Waals surface area contributed by atoms with Crippen LogP contribution in [0.2, 0.25) is 0 Å². The molecule has 0 radical (unpaired) electrons. The minimum Gasteiger partial charge on any atom is -0.399 e. The van der Waals surface area contributed by atoms with Crippen molar-refractivity contribution in [1.29, 1.82) is 0 Å². The minimum absolute atomic E-state index is 0.361. The molecule has 4 heteroatoms. The van der Waals surface area contributed by atoms with Gasteiger partial charge in [-0.1, -0.05) is 0 Å². The Kier molecular flexibility index (Phi) is 1.89. The normalized spacial score (nSPS) is 20.4. The van der Waals surface area contributed by atoms with Crippen molar-refractivity contribution >= 4 is 16.7 Å². The highest BCUT2D eigenvalue weighted by atomic mass is 16.5. The minimum atomic E-state index is 0.361. The first-order chi connectivity index (χ1) is 7.33. The summed E-state index contributed by atoms with van der Waals surface area (Å²) in [4.78, 5) is 4.32. The molecular formula is C11H13N3O. The van der Waals surface area contributed by atoms with Crippen molar-refractivity contribution in [2.24, 2.45) is 0 Å². The second-order valence-electron chi connectivity index (χ2n) is 3.93. The van der Waals surface area contributed by atoms with E-state index in [9.17, 15) is 0 Å². The monoisotopic (exact) mass is 203 g/mol. The molecule has 0 bridgehead atoms. The van der Waals surface area contributed by atoms with E-state index < -0.39 is 0 Å². The number of rotatable bonds is 2. The SMILES string of the molecule is Nc1ccc2c(c1)ncn2CC1CCO1. The molecule has 4 nitrogen and oxygen atoms in total. The van der Waals surface area contributed by atoms with Gasteiger partial charge in [0, 0.05) is 12.3 Å². The summed E-state index contributed by atoms with van der Waals surface area (Å²) >= 11 is 0. The molecule has 0 saturated carbocycles. The van der Waals surface area contributed by atoms with E-state index in [-0.39, 0.29) is 0 Å². The van der Waals surface area contributed by atoms with Gasteiger partial charge in [-0.2, -0.15) is 0 Å². The molecule has 2 heterocycles.